The minimum atomic E-state index is -0.794. The van der Waals surface area contributed by atoms with E-state index in [0.29, 0.717) is 18.7 Å². The van der Waals surface area contributed by atoms with Crippen LogP contribution in [0.15, 0.2) is 22.7 Å². The summed E-state index contributed by atoms with van der Waals surface area (Å²) in [4.78, 5) is 24.9. The third-order valence-corrected chi connectivity index (χ3v) is 4.39. The van der Waals surface area contributed by atoms with Crippen LogP contribution in [0.1, 0.15) is 28.8 Å². The van der Waals surface area contributed by atoms with Gasteiger partial charge in [0.15, 0.2) is 0 Å². The molecule has 1 heterocycles. The van der Waals surface area contributed by atoms with Gasteiger partial charge in [-0.1, -0.05) is 22.0 Å². The molecule has 1 aliphatic rings. The molecule has 1 aromatic carbocycles. The zero-order valence-electron chi connectivity index (χ0n) is 10.7. The first kappa shape index (κ1) is 14.1. The van der Waals surface area contributed by atoms with Crippen LogP contribution >= 0.6 is 15.9 Å². The molecule has 19 heavy (non-hydrogen) atoms. The SMILES string of the molecule is Cc1c(Br)cccc1C(=O)N1CCC(CC(=O)O)C1. The number of rotatable bonds is 3. The summed E-state index contributed by atoms with van der Waals surface area (Å²) in [5, 5.41) is 8.79. The molecular weight excluding hydrogens is 310 g/mol. The van der Waals surface area contributed by atoms with Crippen LogP contribution in [0.5, 0.6) is 0 Å². The van der Waals surface area contributed by atoms with Crippen molar-refractivity contribution >= 4 is 27.8 Å². The van der Waals surface area contributed by atoms with E-state index in [-0.39, 0.29) is 18.2 Å². The maximum absolute atomic E-state index is 12.4. The zero-order valence-corrected chi connectivity index (χ0v) is 12.3. The lowest BCUT2D eigenvalue weighted by atomic mass is 10.1. The van der Waals surface area contributed by atoms with Crippen LogP contribution in [0.3, 0.4) is 0 Å². The van der Waals surface area contributed by atoms with Crippen LogP contribution in [-0.2, 0) is 4.79 Å². The lowest BCUT2D eigenvalue weighted by Gasteiger charge is -2.18. The minimum absolute atomic E-state index is 0.00770. The van der Waals surface area contributed by atoms with Crippen LogP contribution in [-0.4, -0.2) is 35.0 Å². The second kappa shape index (κ2) is 5.74. The maximum Gasteiger partial charge on any atom is 0.303 e. The number of halogens is 1. The number of carbonyl (C=O) groups is 2. The molecule has 1 aliphatic heterocycles. The van der Waals surface area contributed by atoms with Gasteiger partial charge in [-0.25, -0.2) is 0 Å². The average molecular weight is 326 g/mol. The van der Waals surface area contributed by atoms with Crippen molar-refractivity contribution in [3.63, 3.8) is 0 Å². The lowest BCUT2D eigenvalue weighted by Crippen LogP contribution is -2.29. The quantitative estimate of drug-likeness (QED) is 0.929. The molecule has 0 saturated carbocycles. The van der Waals surface area contributed by atoms with E-state index in [1.807, 2.05) is 25.1 Å². The topological polar surface area (TPSA) is 57.6 Å². The number of nitrogens with zero attached hydrogens (tertiary/aromatic N) is 1. The Morgan fingerprint density at radius 2 is 2.21 bits per heavy atom. The Morgan fingerprint density at radius 3 is 2.89 bits per heavy atom. The summed E-state index contributed by atoms with van der Waals surface area (Å²) in [5.74, 6) is -0.724. The summed E-state index contributed by atoms with van der Waals surface area (Å²) in [6.07, 6.45) is 0.909. The van der Waals surface area contributed by atoms with Gasteiger partial charge in [0.1, 0.15) is 0 Å². The second-order valence-electron chi connectivity index (χ2n) is 4.92. The van der Waals surface area contributed by atoms with Crippen molar-refractivity contribution in [2.24, 2.45) is 5.92 Å². The van der Waals surface area contributed by atoms with Gasteiger partial charge in [0.25, 0.3) is 5.91 Å². The fourth-order valence-electron chi connectivity index (χ4n) is 2.44. The Kier molecular flexibility index (Phi) is 4.24. The largest absolute Gasteiger partial charge is 0.481 e. The van der Waals surface area contributed by atoms with E-state index in [9.17, 15) is 9.59 Å². The van der Waals surface area contributed by atoms with Crippen molar-refractivity contribution in [3.05, 3.63) is 33.8 Å². The average Bonchev–Trinajstić information content (AvgIpc) is 2.79. The molecule has 0 radical (unpaired) electrons. The molecule has 0 aromatic heterocycles. The number of carboxylic acid groups (broad SMARTS) is 1. The number of carbonyl (C=O) groups excluding carboxylic acids is 1. The van der Waals surface area contributed by atoms with Crippen LogP contribution in [0.4, 0.5) is 0 Å². The van der Waals surface area contributed by atoms with Gasteiger partial charge in [-0.05, 0) is 37.0 Å². The molecule has 0 aliphatic carbocycles. The molecule has 1 aromatic rings. The van der Waals surface area contributed by atoms with E-state index in [4.69, 9.17) is 5.11 Å². The summed E-state index contributed by atoms with van der Waals surface area (Å²) >= 11 is 3.42. The highest BCUT2D eigenvalue weighted by Crippen LogP contribution is 2.25. The van der Waals surface area contributed by atoms with E-state index in [2.05, 4.69) is 15.9 Å². The summed E-state index contributed by atoms with van der Waals surface area (Å²) in [6.45, 7) is 3.09. The van der Waals surface area contributed by atoms with Crippen LogP contribution in [0, 0.1) is 12.8 Å². The molecule has 1 atom stereocenters. The zero-order chi connectivity index (χ0) is 14.0. The Labute approximate surface area is 120 Å². The molecule has 0 spiro atoms. The summed E-state index contributed by atoms with van der Waals surface area (Å²) in [5.41, 5.74) is 1.61. The molecule has 1 saturated heterocycles. The Morgan fingerprint density at radius 1 is 1.47 bits per heavy atom. The second-order valence-corrected chi connectivity index (χ2v) is 5.77. The molecule has 102 valence electrons. The monoisotopic (exact) mass is 325 g/mol. The number of aliphatic carboxylic acids is 1. The van der Waals surface area contributed by atoms with Crippen LogP contribution < -0.4 is 0 Å². The van der Waals surface area contributed by atoms with Gasteiger partial charge in [0.2, 0.25) is 0 Å². The van der Waals surface area contributed by atoms with Crippen LogP contribution in [0.2, 0.25) is 0 Å². The first-order valence-electron chi connectivity index (χ1n) is 6.25. The number of hydrogen-bond donors (Lipinski definition) is 1. The Bertz CT molecular complexity index is 515. The third-order valence-electron chi connectivity index (χ3n) is 3.53. The van der Waals surface area contributed by atoms with Gasteiger partial charge in [-0.3, -0.25) is 9.59 Å². The number of benzene rings is 1. The van der Waals surface area contributed by atoms with Crippen molar-refractivity contribution < 1.29 is 14.7 Å². The lowest BCUT2D eigenvalue weighted by molar-refractivity contribution is -0.138. The smallest absolute Gasteiger partial charge is 0.303 e. The van der Waals surface area contributed by atoms with Gasteiger partial charge >= 0.3 is 5.97 Å². The number of carboxylic acids is 1. The summed E-state index contributed by atoms with van der Waals surface area (Å²) in [6, 6.07) is 5.56. The minimum Gasteiger partial charge on any atom is -0.481 e. The molecular formula is C14H16BrNO3. The molecule has 5 heteroatoms. The number of hydrogen-bond acceptors (Lipinski definition) is 2. The van der Waals surface area contributed by atoms with E-state index in [1.54, 1.807) is 4.90 Å². The van der Waals surface area contributed by atoms with Crippen molar-refractivity contribution in [1.29, 1.82) is 0 Å². The number of likely N-dealkylation sites (tertiary alicyclic amines) is 1. The fourth-order valence-corrected chi connectivity index (χ4v) is 2.81. The van der Waals surface area contributed by atoms with Gasteiger partial charge in [-0.15, -0.1) is 0 Å². The summed E-state index contributed by atoms with van der Waals surface area (Å²) < 4.78 is 0.916. The standard InChI is InChI=1S/C14H16BrNO3/c1-9-11(3-2-4-12(9)15)14(19)16-6-5-10(8-16)7-13(17)18/h2-4,10H,5-8H2,1H3,(H,17,18). The highest BCUT2D eigenvalue weighted by Gasteiger charge is 2.29. The Hall–Kier alpha value is -1.36. The molecule has 2 rings (SSSR count). The van der Waals surface area contributed by atoms with Gasteiger partial charge in [0, 0.05) is 29.5 Å². The molecule has 1 N–H and O–H groups in total. The third kappa shape index (κ3) is 3.15. The predicted octanol–water partition coefficient (Wildman–Crippen LogP) is 2.69. The van der Waals surface area contributed by atoms with Gasteiger partial charge in [-0.2, -0.15) is 0 Å². The van der Waals surface area contributed by atoms with E-state index in [1.165, 1.54) is 0 Å². The van der Waals surface area contributed by atoms with E-state index < -0.39 is 5.97 Å². The summed E-state index contributed by atoms with van der Waals surface area (Å²) in [7, 11) is 0. The van der Waals surface area contributed by atoms with Crippen molar-refractivity contribution in [2.45, 2.75) is 19.8 Å². The van der Waals surface area contributed by atoms with Crippen molar-refractivity contribution in [1.82, 2.24) is 4.90 Å². The predicted molar refractivity (Wildman–Crippen MR) is 75.1 cm³/mol. The normalized spacial score (nSPS) is 18.6. The number of amides is 1. The highest BCUT2D eigenvalue weighted by molar-refractivity contribution is 9.10. The van der Waals surface area contributed by atoms with Gasteiger partial charge in [0.05, 0.1) is 0 Å². The molecule has 4 nitrogen and oxygen atoms in total. The van der Waals surface area contributed by atoms with Gasteiger partial charge < -0.3 is 10.0 Å². The maximum atomic E-state index is 12.4. The first-order valence-corrected chi connectivity index (χ1v) is 7.04. The fraction of sp³-hybridized carbons (Fsp3) is 0.429. The van der Waals surface area contributed by atoms with E-state index in [0.717, 1.165) is 16.5 Å². The van der Waals surface area contributed by atoms with E-state index >= 15 is 0 Å². The molecule has 0 bridgehead atoms. The van der Waals surface area contributed by atoms with Crippen molar-refractivity contribution in [2.75, 3.05) is 13.1 Å². The molecule has 1 fully saturated rings. The van der Waals surface area contributed by atoms with Crippen LogP contribution in [0.25, 0.3) is 0 Å². The van der Waals surface area contributed by atoms with Crippen molar-refractivity contribution in [3.8, 4) is 0 Å². The first-order chi connectivity index (χ1) is 8.99. The molecule has 1 amide bonds. The molecule has 1 unspecified atom stereocenters. The Balaban J connectivity index is 2.09. The highest BCUT2D eigenvalue weighted by atomic mass is 79.9.